The Bertz CT molecular complexity index is 564. The number of benzene rings is 1. The molecule has 0 amide bonds. The van der Waals surface area contributed by atoms with E-state index in [0.717, 1.165) is 36.1 Å². The summed E-state index contributed by atoms with van der Waals surface area (Å²) in [4.78, 5) is 15.4. The lowest BCUT2D eigenvalue weighted by Crippen LogP contribution is -2.03. The minimum absolute atomic E-state index is 0.118. The molecule has 0 atom stereocenters. The van der Waals surface area contributed by atoms with Gasteiger partial charge in [-0.3, -0.25) is 0 Å². The van der Waals surface area contributed by atoms with Crippen LogP contribution in [0.15, 0.2) is 42.5 Å². The standard InChI is InChI=1S/C16H17NO2/c1-2-3-7-12-10-14(13-8-5-4-6-9-13)17-15(11-12)16(18)19/h4-6,8-11H,2-3,7H2,1H3,(H,18,19). The minimum Gasteiger partial charge on any atom is -0.477 e. The molecule has 0 bridgehead atoms. The van der Waals surface area contributed by atoms with Crippen LogP contribution in [0.2, 0.25) is 0 Å². The van der Waals surface area contributed by atoms with Gasteiger partial charge in [-0.1, -0.05) is 43.7 Å². The molecule has 1 heterocycles. The van der Waals surface area contributed by atoms with Gasteiger partial charge in [-0.05, 0) is 30.5 Å². The number of aromatic nitrogens is 1. The summed E-state index contributed by atoms with van der Waals surface area (Å²) in [6, 6.07) is 13.3. The van der Waals surface area contributed by atoms with Crippen molar-refractivity contribution in [3.05, 3.63) is 53.7 Å². The summed E-state index contributed by atoms with van der Waals surface area (Å²) in [7, 11) is 0. The first kappa shape index (κ1) is 13.3. The molecule has 2 aromatic rings. The first-order valence-electron chi connectivity index (χ1n) is 6.50. The van der Waals surface area contributed by atoms with Crippen molar-refractivity contribution in [3.63, 3.8) is 0 Å². The van der Waals surface area contributed by atoms with Crippen LogP contribution < -0.4 is 0 Å². The highest BCUT2D eigenvalue weighted by atomic mass is 16.4. The number of carboxylic acid groups (broad SMARTS) is 1. The van der Waals surface area contributed by atoms with E-state index in [0.29, 0.717) is 0 Å². The molecule has 0 aliphatic carbocycles. The number of unbranched alkanes of at least 4 members (excludes halogenated alkanes) is 1. The van der Waals surface area contributed by atoms with Crippen molar-refractivity contribution in [2.45, 2.75) is 26.2 Å². The number of aromatic carboxylic acids is 1. The van der Waals surface area contributed by atoms with Crippen LogP contribution in [0.4, 0.5) is 0 Å². The van der Waals surface area contributed by atoms with Crippen molar-refractivity contribution in [1.82, 2.24) is 4.98 Å². The topological polar surface area (TPSA) is 50.2 Å². The molecule has 1 aromatic carbocycles. The maximum absolute atomic E-state index is 11.1. The summed E-state index contributed by atoms with van der Waals surface area (Å²) >= 11 is 0. The highest BCUT2D eigenvalue weighted by Crippen LogP contribution is 2.20. The van der Waals surface area contributed by atoms with Crippen molar-refractivity contribution in [1.29, 1.82) is 0 Å². The average molecular weight is 255 g/mol. The predicted octanol–water partition coefficient (Wildman–Crippen LogP) is 3.79. The summed E-state index contributed by atoms with van der Waals surface area (Å²) in [5.74, 6) is -0.976. The lowest BCUT2D eigenvalue weighted by atomic mass is 10.0. The number of carbonyl (C=O) groups is 1. The van der Waals surface area contributed by atoms with Crippen molar-refractivity contribution in [3.8, 4) is 11.3 Å². The van der Waals surface area contributed by atoms with E-state index < -0.39 is 5.97 Å². The van der Waals surface area contributed by atoms with Gasteiger partial charge >= 0.3 is 5.97 Å². The van der Waals surface area contributed by atoms with Gasteiger partial charge in [0.15, 0.2) is 0 Å². The van der Waals surface area contributed by atoms with E-state index in [9.17, 15) is 4.79 Å². The molecule has 0 saturated heterocycles. The number of pyridine rings is 1. The molecule has 1 aromatic heterocycles. The molecule has 3 nitrogen and oxygen atoms in total. The van der Waals surface area contributed by atoms with E-state index in [4.69, 9.17) is 5.11 Å². The number of hydrogen-bond donors (Lipinski definition) is 1. The van der Waals surface area contributed by atoms with E-state index in [1.165, 1.54) is 0 Å². The number of nitrogens with zero attached hydrogens (tertiary/aromatic N) is 1. The Morgan fingerprint density at radius 2 is 1.95 bits per heavy atom. The van der Waals surface area contributed by atoms with E-state index >= 15 is 0 Å². The fourth-order valence-corrected chi connectivity index (χ4v) is 1.98. The third-order valence-electron chi connectivity index (χ3n) is 2.99. The van der Waals surface area contributed by atoms with Gasteiger partial charge in [-0.15, -0.1) is 0 Å². The summed E-state index contributed by atoms with van der Waals surface area (Å²) in [6.45, 7) is 2.12. The first-order valence-corrected chi connectivity index (χ1v) is 6.50. The Morgan fingerprint density at radius 3 is 2.58 bits per heavy atom. The van der Waals surface area contributed by atoms with Crippen LogP contribution in [0.3, 0.4) is 0 Å². The Kier molecular flexibility index (Phi) is 4.29. The summed E-state index contributed by atoms with van der Waals surface area (Å²) < 4.78 is 0. The lowest BCUT2D eigenvalue weighted by Gasteiger charge is -2.07. The third kappa shape index (κ3) is 3.41. The van der Waals surface area contributed by atoms with E-state index in [1.54, 1.807) is 6.07 Å². The quantitative estimate of drug-likeness (QED) is 0.884. The van der Waals surface area contributed by atoms with Gasteiger partial charge in [0.25, 0.3) is 0 Å². The third-order valence-corrected chi connectivity index (χ3v) is 2.99. The highest BCUT2D eigenvalue weighted by Gasteiger charge is 2.10. The van der Waals surface area contributed by atoms with E-state index in [-0.39, 0.29) is 5.69 Å². The number of rotatable bonds is 5. The fourth-order valence-electron chi connectivity index (χ4n) is 1.98. The van der Waals surface area contributed by atoms with Crippen molar-refractivity contribution < 1.29 is 9.90 Å². The molecule has 1 N–H and O–H groups in total. The second kappa shape index (κ2) is 6.14. The molecule has 0 spiro atoms. The Hall–Kier alpha value is -2.16. The molecule has 2 rings (SSSR count). The van der Waals surface area contributed by atoms with Crippen LogP contribution in [0.25, 0.3) is 11.3 Å². The zero-order chi connectivity index (χ0) is 13.7. The van der Waals surface area contributed by atoms with Gasteiger partial charge in [-0.2, -0.15) is 0 Å². The second-order valence-electron chi connectivity index (χ2n) is 4.52. The van der Waals surface area contributed by atoms with Crippen molar-refractivity contribution in [2.24, 2.45) is 0 Å². The molecule has 19 heavy (non-hydrogen) atoms. The number of aryl methyl sites for hydroxylation is 1. The monoisotopic (exact) mass is 255 g/mol. The second-order valence-corrected chi connectivity index (χ2v) is 4.52. The zero-order valence-electron chi connectivity index (χ0n) is 11.0. The largest absolute Gasteiger partial charge is 0.477 e. The first-order chi connectivity index (χ1) is 9.20. The Balaban J connectivity index is 2.42. The van der Waals surface area contributed by atoms with Gasteiger partial charge in [-0.25, -0.2) is 9.78 Å². The molecule has 0 aliphatic rings. The summed E-state index contributed by atoms with van der Waals surface area (Å²) in [5.41, 5.74) is 2.83. The summed E-state index contributed by atoms with van der Waals surface area (Å²) in [5, 5.41) is 9.14. The molecule has 0 aliphatic heterocycles. The molecule has 0 unspecified atom stereocenters. The average Bonchev–Trinajstić information content (AvgIpc) is 2.45. The van der Waals surface area contributed by atoms with Crippen molar-refractivity contribution >= 4 is 5.97 Å². The smallest absolute Gasteiger partial charge is 0.354 e. The molecule has 0 fully saturated rings. The van der Waals surface area contributed by atoms with Crippen LogP contribution in [-0.4, -0.2) is 16.1 Å². The lowest BCUT2D eigenvalue weighted by molar-refractivity contribution is 0.0690. The highest BCUT2D eigenvalue weighted by molar-refractivity contribution is 5.86. The zero-order valence-corrected chi connectivity index (χ0v) is 11.0. The summed E-state index contributed by atoms with van der Waals surface area (Å²) in [6.07, 6.45) is 3.03. The minimum atomic E-state index is -0.976. The van der Waals surface area contributed by atoms with E-state index in [2.05, 4.69) is 11.9 Å². The molecular formula is C16H17NO2. The van der Waals surface area contributed by atoms with Gasteiger partial charge < -0.3 is 5.11 Å². The molecule has 0 saturated carbocycles. The van der Waals surface area contributed by atoms with Crippen LogP contribution in [0.1, 0.15) is 35.8 Å². The molecule has 0 radical (unpaired) electrons. The predicted molar refractivity (Wildman–Crippen MR) is 75.2 cm³/mol. The van der Waals surface area contributed by atoms with Crippen molar-refractivity contribution in [2.75, 3.05) is 0 Å². The fraction of sp³-hybridized carbons (Fsp3) is 0.250. The van der Waals surface area contributed by atoms with Crippen LogP contribution >= 0.6 is 0 Å². The van der Waals surface area contributed by atoms with Gasteiger partial charge in [0.1, 0.15) is 5.69 Å². The number of hydrogen-bond acceptors (Lipinski definition) is 2. The normalized spacial score (nSPS) is 10.4. The molecule has 98 valence electrons. The Morgan fingerprint density at radius 1 is 1.21 bits per heavy atom. The molecular weight excluding hydrogens is 238 g/mol. The SMILES string of the molecule is CCCCc1cc(C(=O)O)nc(-c2ccccc2)c1. The molecule has 3 heteroatoms. The maximum atomic E-state index is 11.1. The van der Waals surface area contributed by atoms with Crippen LogP contribution in [0, 0.1) is 0 Å². The van der Waals surface area contributed by atoms with Crippen LogP contribution in [-0.2, 0) is 6.42 Å². The number of carboxylic acids is 1. The maximum Gasteiger partial charge on any atom is 0.354 e. The van der Waals surface area contributed by atoms with E-state index in [1.807, 2.05) is 36.4 Å². The van der Waals surface area contributed by atoms with Crippen LogP contribution in [0.5, 0.6) is 0 Å². The van der Waals surface area contributed by atoms with Gasteiger partial charge in [0.05, 0.1) is 5.69 Å². The van der Waals surface area contributed by atoms with Gasteiger partial charge in [0, 0.05) is 5.56 Å². The van der Waals surface area contributed by atoms with Gasteiger partial charge in [0.2, 0.25) is 0 Å². The Labute approximate surface area is 112 Å².